The molecule has 0 aliphatic carbocycles. The van der Waals surface area contributed by atoms with Gasteiger partial charge in [0, 0.05) is 59.1 Å². The van der Waals surface area contributed by atoms with Gasteiger partial charge in [-0.25, -0.2) is 4.98 Å². The van der Waals surface area contributed by atoms with Crippen molar-refractivity contribution in [1.29, 1.82) is 0 Å². The summed E-state index contributed by atoms with van der Waals surface area (Å²) in [6.07, 6.45) is 4.36. The van der Waals surface area contributed by atoms with Crippen LogP contribution in [0.5, 0.6) is 0 Å². The van der Waals surface area contributed by atoms with Gasteiger partial charge in [-0.2, -0.15) is 0 Å². The van der Waals surface area contributed by atoms with E-state index in [2.05, 4.69) is 74.5 Å². The van der Waals surface area contributed by atoms with Gasteiger partial charge in [0.2, 0.25) is 0 Å². The number of pyridine rings is 1. The van der Waals surface area contributed by atoms with E-state index in [1.165, 1.54) is 17.5 Å². The fourth-order valence-electron chi connectivity index (χ4n) is 4.40. The van der Waals surface area contributed by atoms with Gasteiger partial charge in [-0.1, -0.05) is 36.4 Å². The fourth-order valence-corrected chi connectivity index (χ4v) is 4.40. The van der Waals surface area contributed by atoms with E-state index in [1.54, 1.807) is 0 Å². The molecule has 0 spiro atoms. The first-order chi connectivity index (χ1) is 14.7. The molecule has 30 heavy (non-hydrogen) atoms. The number of nitrogens with one attached hydrogen (secondary N) is 1. The summed E-state index contributed by atoms with van der Waals surface area (Å²) in [6.45, 7) is 7.18. The molecule has 1 unspecified atom stereocenters. The van der Waals surface area contributed by atoms with Gasteiger partial charge in [0.05, 0.1) is 0 Å². The van der Waals surface area contributed by atoms with E-state index in [1.807, 2.05) is 13.2 Å². The van der Waals surface area contributed by atoms with Crippen molar-refractivity contribution in [3.05, 3.63) is 59.8 Å². The smallest absolute Gasteiger partial charge is 0.193 e. The summed E-state index contributed by atoms with van der Waals surface area (Å²) in [5, 5.41) is 3.53. The summed E-state index contributed by atoms with van der Waals surface area (Å²) < 4.78 is 0. The average molecular weight is 407 g/mol. The molecule has 0 saturated carbocycles. The molecule has 2 aromatic rings. The van der Waals surface area contributed by atoms with Crippen LogP contribution in [-0.2, 0) is 13.0 Å². The highest BCUT2D eigenvalue weighted by Crippen LogP contribution is 2.21. The third kappa shape index (κ3) is 5.30. The summed E-state index contributed by atoms with van der Waals surface area (Å²) >= 11 is 0. The number of hydrogen-bond donors (Lipinski definition) is 1. The zero-order chi connectivity index (χ0) is 20.8. The molecule has 6 nitrogen and oxygen atoms in total. The number of aromatic nitrogens is 1. The van der Waals surface area contributed by atoms with Crippen LogP contribution in [-0.4, -0.2) is 74.1 Å². The Morgan fingerprint density at radius 1 is 1.03 bits per heavy atom. The number of nitrogens with zero attached hydrogens (tertiary/aromatic N) is 5. The highest BCUT2D eigenvalue weighted by Gasteiger charge is 2.25. The number of hydrogen-bond acceptors (Lipinski definition) is 4. The molecule has 2 aliphatic heterocycles. The molecule has 0 radical (unpaired) electrons. The van der Waals surface area contributed by atoms with Crippen molar-refractivity contribution in [2.45, 2.75) is 19.4 Å². The fraction of sp³-hybridized carbons (Fsp3) is 0.500. The van der Waals surface area contributed by atoms with Crippen LogP contribution in [0.1, 0.15) is 17.5 Å². The molecule has 2 aliphatic rings. The van der Waals surface area contributed by atoms with Crippen molar-refractivity contribution in [1.82, 2.24) is 20.1 Å². The molecule has 0 bridgehead atoms. The van der Waals surface area contributed by atoms with E-state index in [4.69, 9.17) is 4.98 Å². The monoisotopic (exact) mass is 406 g/mol. The highest BCUT2D eigenvalue weighted by atomic mass is 15.3. The normalized spacial score (nSPS) is 20.6. The number of aliphatic imine (C=N–C) groups is 1. The zero-order valence-electron chi connectivity index (χ0n) is 18.3. The van der Waals surface area contributed by atoms with Crippen molar-refractivity contribution in [2.24, 2.45) is 10.9 Å². The second-order valence-corrected chi connectivity index (χ2v) is 8.51. The number of guanidine groups is 1. The third-order valence-corrected chi connectivity index (χ3v) is 6.25. The number of rotatable bonds is 5. The highest BCUT2D eigenvalue weighted by molar-refractivity contribution is 5.80. The van der Waals surface area contributed by atoms with Gasteiger partial charge in [0.25, 0.3) is 0 Å². The predicted molar refractivity (Wildman–Crippen MR) is 124 cm³/mol. The average Bonchev–Trinajstić information content (AvgIpc) is 3.24. The lowest BCUT2D eigenvalue weighted by Gasteiger charge is -2.33. The van der Waals surface area contributed by atoms with Crippen LogP contribution in [0.3, 0.4) is 0 Å². The van der Waals surface area contributed by atoms with E-state index < -0.39 is 0 Å². The van der Waals surface area contributed by atoms with Crippen LogP contribution in [0.2, 0.25) is 0 Å². The van der Waals surface area contributed by atoms with Crippen LogP contribution in [0.4, 0.5) is 5.82 Å². The molecular formula is C24H34N6. The molecule has 2 saturated heterocycles. The Labute approximate surface area is 180 Å². The Morgan fingerprint density at radius 2 is 1.83 bits per heavy atom. The third-order valence-electron chi connectivity index (χ3n) is 6.25. The second-order valence-electron chi connectivity index (χ2n) is 8.51. The quantitative estimate of drug-likeness (QED) is 0.611. The first-order valence-electron chi connectivity index (χ1n) is 11.1. The van der Waals surface area contributed by atoms with E-state index in [0.717, 1.165) is 64.0 Å². The maximum absolute atomic E-state index is 4.70. The van der Waals surface area contributed by atoms with Gasteiger partial charge in [0.1, 0.15) is 5.82 Å². The van der Waals surface area contributed by atoms with Gasteiger partial charge in [-0.3, -0.25) is 4.99 Å². The minimum Gasteiger partial charge on any atom is -0.354 e. The molecule has 2 fully saturated rings. The van der Waals surface area contributed by atoms with Crippen molar-refractivity contribution < 1.29 is 0 Å². The maximum atomic E-state index is 4.70. The van der Waals surface area contributed by atoms with Crippen LogP contribution >= 0.6 is 0 Å². The zero-order valence-corrected chi connectivity index (χ0v) is 18.3. The molecule has 1 N–H and O–H groups in total. The lowest BCUT2D eigenvalue weighted by molar-refractivity contribution is 0.312. The van der Waals surface area contributed by atoms with Crippen molar-refractivity contribution in [3.63, 3.8) is 0 Å². The van der Waals surface area contributed by atoms with Gasteiger partial charge in [-0.05, 0) is 43.0 Å². The van der Waals surface area contributed by atoms with Gasteiger partial charge >= 0.3 is 0 Å². The van der Waals surface area contributed by atoms with Gasteiger partial charge in [0.15, 0.2) is 5.96 Å². The standard InChI is InChI=1S/C24H34N6/c1-25-24(30-11-10-21(19-30)16-20-6-4-3-5-7-20)27-18-22-8-9-23(26-17-22)29-14-12-28(2)13-15-29/h3-9,17,21H,10-16,18-19H2,1-2H3,(H,25,27). The summed E-state index contributed by atoms with van der Waals surface area (Å²) in [7, 11) is 4.05. The molecule has 4 rings (SSSR count). The van der Waals surface area contributed by atoms with Crippen molar-refractivity contribution in [2.75, 3.05) is 58.3 Å². The minimum atomic E-state index is 0.690. The van der Waals surface area contributed by atoms with E-state index in [9.17, 15) is 0 Å². The van der Waals surface area contributed by atoms with Crippen LogP contribution in [0.25, 0.3) is 0 Å². The van der Waals surface area contributed by atoms with E-state index in [-0.39, 0.29) is 0 Å². The lowest BCUT2D eigenvalue weighted by Crippen LogP contribution is -2.44. The van der Waals surface area contributed by atoms with Crippen LogP contribution in [0, 0.1) is 5.92 Å². The summed E-state index contributed by atoms with van der Waals surface area (Å²) in [6, 6.07) is 15.1. The molecule has 1 aromatic heterocycles. The van der Waals surface area contributed by atoms with Gasteiger partial charge in [-0.15, -0.1) is 0 Å². The Hall–Kier alpha value is -2.60. The predicted octanol–water partition coefficient (Wildman–Crippen LogP) is 2.47. The summed E-state index contributed by atoms with van der Waals surface area (Å²) in [4.78, 5) is 16.3. The maximum Gasteiger partial charge on any atom is 0.193 e. The molecule has 0 amide bonds. The Bertz CT molecular complexity index is 811. The molecular weight excluding hydrogens is 372 g/mol. The summed E-state index contributed by atoms with van der Waals surface area (Å²) in [5.74, 6) is 2.77. The number of likely N-dealkylation sites (tertiary alicyclic amines) is 1. The first kappa shape index (κ1) is 20.7. The van der Waals surface area contributed by atoms with Crippen molar-refractivity contribution in [3.8, 4) is 0 Å². The molecule has 3 heterocycles. The molecule has 6 heteroatoms. The molecule has 160 valence electrons. The SMILES string of the molecule is CN=C(NCc1ccc(N2CCN(C)CC2)nc1)N1CCC(Cc2ccccc2)C1. The molecule has 1 atom stereocenters. The number of likely N-dealkylation sites (N-methyl/N-ethyl adjacent to an activating group) is 1. The largest absolute Gasteiger partial charge is 0.354 e. The molecule has 1 aromatic carbocycles. The summed E-state index contributed by atoms with van der Waals surface area (Å²) in [5.41, 5.74) is 2.62. The lowest BCUT2D eigenvalue weighted by atomic mass is 9.99. The number of piperazine rings is 1. The number of benzene rings is 1. The Balaban J connectivity index is 1.26. The van der Waals surface area contributed by atoms with E-state index in [0.29, 0.717) is 5.92 Å². The topological polar surface area (TPSA) is 47.0 Å². The Morgan fingerprint density at radius 3 is 2.53 bits per heavy atom. The Kier molecular flexibility index (Phi) is 6.84. The first-order valence-corrected chi connectivity index (χ1v) is 11.1. The van der Waals surface area contributed by atoms with Gasteiger partial charge < -0.3 is 20.0 Å². The number of anilines is 1. The van der Waals surface area contributed by atoms with E-state index >= 15 is 0 Å². The van der Waals surface area contributed by atoms with Crippen LogP contribution in [0.15, 0.2) is 53.7 Å². The minimum absolute atomic E-state index is 0.690. The van der Waals surface area contributed by atoms with Crippen molar-refractivity contribution >= 4 is 11.8 Å². The van der Waals surface area contributed by atoms with Crippen LogP contribution < -0.4 is 10.2 Å². The second kappa shape index (κ2) is 9.94.